The second kappa shape index (κ2) is 10.4. The number of carbonyl (C=O) groups is 2. The molecule has 3 rings (SSSR count). The third-order valence-electron chi connectivity index (χ3n) is 4.96. The average molecular weight is 432 g/mol. The highest BCUT2D eigenvalue weighted by Gasteiger charge is 2.24. The third-order valence-corrected chi connectivity index (χ3v) is 5.28. The molecule has 1 N–H and O–H groups in total. The summed E-state index contributed by atoms with van der Waals surface area (Å²) in [6.45, 7) is 0. The second-order valence-electron chi connectivity index (χ2n) is 7.11. The summed E-state index contributed by atoms with van der Waals surface area (Å²) < 4.78 is 0. The fourth-order valence-electron chi connectivity index (χ4n) is 3.25. The van der Waals surface area contributed by atoms with Gasteiger partial charge in [-0.15, -0.1) is 0 Å². The van der Waals surface area contributed by atoms with Crippen LogP contribution in [0.2, 0.25) is 5.02 Å². The van der Waals surface area contributed by atoms with Gasteiger partial charge in [-0.3, -0.25) is 14.5 Å². The Morgan fingerprint density at radius 3 is 2.29 bits per heavy atom. The van der Waals surface area contributed by atoms with Crippen LogP contribution in [0.4, 0.5) is 0 Å². The standard InChI is InChI=1S/C25H22ClN3O2/c1-29(17-27)25(31)23(15-12-18-8-4-2-5-9-18)28-24(30)20-13-14-21(22(26)16-20)19-10-6-3-7-11-19/h2-11,13-14,16,23H,12,15H2,1H3,(H,28,30)/t23-/m0/s1. The predicted octanol–water partition coefficient (Wildman–Crippen LogP) is 4.68. The van der Waals surface area contributed by atoms with Gasteiger partial charge in [-0.1, -0.05) is 78.3 Å². The second-order valence-corrected chi connectivity index (χ2v) is 7.52. The molecular weight excluding hydrogens is 410 g/mol. The minimum Gasteiger partial charge on any atom is -0.340 e. The molecule has 2 amide bonds. The van der Waals surface area contributed by atoms with Crippen LogP contribution in [0, 0.1) is 11.5 Å². The van der Waals surface area contributed by atoms with Crippen molar-refractivity contribution >= 4 is 23.4 Å². The minimum atomic E-state index is -0.829. The van der Waals surface area contributed by atoms with Gasteiger partial charge >= 0.3 is 0 Å². The average Bonchev–Trinajstić information content (AvgIpc) is 2.81. The Morgan fingerprint density at radius 2 is 1.68 bits per heavy atom. The summed E-state index contributed by atoms with van der Waals surface area (Å²) in [6, 6.07) is 23.5. The number of hydrogen-bond acceptors (Lipinski definition) is 3. The van der Waals surface area contributed by atoms with E-state index in [0.29, 0.717) is 23.4 Å². The van der Waals surface area contributed by atoms with Crippen molar-refractivity contribution in [2.45, 2.75) is 18.9 Å². The lowest BCUT2D eigenvalue weighted by Gasteiger charge is -2.20. The number of aryl methyl sites for hydroxylation is 1. The maximum absolute atomic E-state index is 12.9. The van der Waals surface area contributed by atoms with Crippen LogP contribution in [-0.2, 0) is 11.2 Å². The van der Waals surface area contributed by atoms with E-state index in [-0.39, 0.29) is 0 Å². The maximum atomic E-state index is 12.9. The monoisotopic (exact) mass is 431 g/mol. The number of amides is 2. The van der Waals surface area contributed by atoms with Crippen LogP contribution >= 0.6 is 11.6 Å². The molecule has 0 spiro atoms. The Morgan fingerprint density at radius 1 is 1.03 bits per heavy atom. The van der Waals surface area contributed by atoms with E-state index in [1.807, 2.05) is 60.7 Å². The molecule has 0 radical (unpaired) electrons. The number of halogens is 1. The zero-order valence-corrected chi connectivity index (χ0v) is 17.8. The van der Waals surface area contributed by atoms with Gasteiger partial charge < -0.3 is 5.32 Å². The van der Waals surface area contributed by atoms with Crippen LogP contribution < -0.4 is 5.32 Å². The van der Waals surface area contributed by atoms with Gasteiger partial charge in [0.15, 0.2) is 6.19 Å². The van der Waals surface area contributed by atoms with E-state index in [9.17, 15) is 9.59 Å². The summed E-state index contributed by atoms with van der Waals surface area (Å²) in [5.41, 5.74) is 3.16. The highest BCUT2D eigenvalue weighted by atomic mass is 35.5. The highest BCUT2D eigenvalue weighted by molar-refractivity contribution is 6.33. The number of rotatable bonds is 7. The smallest absolute Gasteiger partial charge is 0.257 e. The summed E-state index contributed by atoms with van der Waals surface area (Å²) in [7, 11) is 1.38. The molecule has 0 saturated heterocycles. The molecule has 0 unspecified atom stereocenters. The van der Waals surface area contributed by atoms with Crippen LogP contribution in [0.25, 0.3) is 11.1 Å². The number of carbonyl (C=O) groups excluding carboxylic acids is 2. The molecule has 0 aliphatic heterocycles. The van der Waals surface area contributed by atoms with Gasteiger partial charge in [0.1, 0.15) is 6.04 Å². The maximum Gasteiger partial charge on any atom is 0.257 e. The van der Waals surface area contributed by atoms with E-state index in [1.54, 1.807) is 24.4 Å². The molecule has 156 valence electrons. The molecule has 6 heteroatoms. The van der Waals surface area contributed by atoms with Crippen molar-refractivity contribution < 1.29 is 9.59 Å². The Labute approximate surface area is 186 Å². The SMILES string of the molecule is CN(C#N)C(=O)[C@H](CCc1ccccc1)NC(=O)c1ccc(-c2ccccc2)c(Cl)c1. The summed E-state index contributed by atoms with van der Waals surface area (Å²) in [4.78, 5) is 26.4. The van der Waals surface area contributed by atoms with Crippen LogP contribution in [0.3, 0.4) is 0 Å². The van der Waals surface area contributed by atoms with Crippen molar-refractivity contribution in [3.8, 4) is 17.3 Å². The highest BCUT2D eigenvalue weighted by Crippen LogP contribution is 2.28. The first kappa shape index (κ1) is 22.1. The van der Waals surface area contributed by atoms with Gasteiger partial charge in [0.25, 0.3) is 11.8 Å². The quantitative estimate of drug-likeness (QED) is 0.436. The Bertz CT molecular complexity index is 1090. The van der Waals surface area contributed by atoms with E-state index >= 15 is 0 Å². The molecule has 0 bridgehead atoms. The lowest BCUT2D eigenvalue weighted by atomic mass is 10.0. The fraction of sp³-hybridized carbons (Fsp3) is 0.160. The van der Waals surface area contributed by atoms with Crippen molar-refractivity contribution in [1.82, 2.24) is 10.2 Å². The van der Waals surface area contributed by atoms with Crippen LogP contribution in [0.1, 0.15) is 22.3 Å². The van der Waals surface area contributed by atoms with Gasteiger partial charge in [0.05, 0.1) is 0 Å². The summed E-state index contributed by atoms with van der Waals surface area (Å²) in [5.74, 6) is -0.877. The summed E-state index contributed by atoms with van der Waals surface area (Å²) >= 11 is 6.42. The Balaban J connectivity index is 1.77. The summed E-state index contributed by atoms with van der Waals surface area (Å²) in [5, 5.41) is 12.3. The molecule has 0 aliphatic rings. The molecular formula is C25H22ClN3O2. The minimum absolute atomic E-state index is 0.349. The topological polar surface area (TPSA) is 73.2 Å². The molecule has 0 aliphatic carbocycles. The van der Waals surface area contributed by atoms with Gasteiger partial charge in [0.2, 0.25) is 0 Å². The predicted molar refractivity (Wildman–Crippen MR) is 121 cm³/mol. The molecule has 0 heterocycles. The molecule has 0 saturated carbocycles. The molecule has 3 aromatic rings. The molecule has 0 fully saturated rings. The first-order valence-corrected chi connectivity index (χ1v) is 10.2. The van der Waals surface area contributed by atoms with Crippen LogP contribution in [0.15, 0.2) is 78.9 Å². The lowest BCUT2D eigenvalue weighted by molar-refractivity contribution is -0.129. The number of hydrogen-bond donors (Lipinski definition) is 1. The third kappa shape index (κ3) is 5.71. The Kier molecular flexibility index (Phi) is 7.42. The number of nitrogens with zero attached hydrogens (tertiary/aromatic N) is 2. The van der Waals surface area contributed by atoms with Crippen molar-refractivity contribution in [1.29, 1.82) is 5.26 Å². The Hall–Kier alpha value is -3.62. The van der Waals surface area contributed by atoms with Crippen molar-refractivity contribution in [2.24, 2.45) is 0 Å². The van der Waals surface area contributed by atoms with Crippen LogP contribution in [-0.4, -0.2) is 29.8 Å². The van der Waals surface area contributed by atoms with E-state index in [2.05, 4.69) is 5.32 Å². The summed E-state index contributed by atoms with van der Waals surface area (Å²) in [6.07, 6.45) is 2.76. The van der Waals surface area contributed by atoms with Crippen molar-refractivity contribution in [2.75, 3.05) is 7.05 Å². The van der Waals surface area contributed by atoms with Gasteiger partial charge in [-0.05, 0) is 36.1 Å². The number of nitrogens with one attached hydrogen (secondary N) is 1. The van der Waals surface area contributed by atoms with E-state index in [1.165, 1.54) is 7.05 Å². The first-order chi connectivity index (χ1) is 15.0. The van der Waals surface area contributed by atoms with Gasteiger partial charge in [-0.2, -0.15) is 5.26 Å². The number of likely N-dealkylation sites (N-methyl/N-ethyl adjacent to an activating group) is 1. The largest absolute Gasteiger partial charge is 0.340 e. The fourth-order valence-corrected chi connectivity index (χ4v) is 3.54. The number of benzene rings is 3. The lowest BCUT2D eigenvalue weighted by Crippen LogP contribution is -2.46. The van der Waals surface area contributed by atoms with E-state index in [0.717, 1.165) is 21.6 Å². The van der Waals surface area contributed by atoms with Crippen molar-refractivity contribution in [3.05, 3.63) is 95.0 Å². The number of nitriles is 1. The molecule has 3 aromatic carbocycles. The van der Waals surface area contributed by atoms with Gasteiger partial charge in [-0.25, -0.2) is 0 Å². The molecule has 5 nitrogen and oxygen atoms in total. The van der Waals surface area contributed by atoms with Crippen molar-refractivity contribution in [3.63, 3.8) is 0 Å². The molecule has 1 atom stereocenters. The van der Waals surface area contributed by atoms with E-state index < -0.39 is 17.9 Å². The zero-order valence-electron chi connectivity index (χ0n) is 17.1. The van der Waals surface area contributed by atoms with Crippen LogP contribution in [0.5, 0.6) is 0 Å². The first-order valence-electron chi connectivity index (χ1n) is 9.86. The van der Waals surface area contributed by atoms with Gasteiger partial charge in [0, 0.05) is 23.2 Å². The molecule has 0 aromatic heterocycles. The normalized spacial score (nSPS) is 11.3. The zero-order chi connectivity index (χ0) is 22.2. The molecule has 31 heavy (non-hydrogen) atoms. The van der Waals surface area contributed by atoms with E-state index in [4.69, 9.17) is 16.9 Å².